The number of rotatable bonds is 7. The molecule has 1 fully saturated rings. The van der Waals surface area contributed by atoms with Crippen molar-refractivity contribution < 1.29 is 13.2 Å². The number of carbonyl (C=O) groups excluding carboxylic acids is 1. The average Bonchev–Trinajstić information content (AvgIpc) is 3.24. The normalized spacial score (nSPS) is 16.1. The maximum Gasteiger partial charge on any atom is 0.251 e. The summed E-state index contributed by atoms with van der Waals surface area (Å²) in [5.74, 6) is -0.241. The first kappa shape index (κ1) is 21.8. The highest BCUT2D eigenvalue weighted by Crippen LogP contribution is 2.29. The highest BCUT2D eigenvalue weighted by Gasteiger charge is 2.26. The van der Waals surface area contributed by atoms with Gasteiger partial charge in [0.2, 0.25) is 10.0 Å². The third kappa shape index (κ3) is 4.98. The summed E-state index contributed by atoms with van der Waals surface area (Å²) in [6.07, 6.45) is 2.27. The van der Waals surface area contributed by atoms with Gasteiger partial charge in [-0.3, -0.25) is 9.69 Å². The van der Waals surface area contributed by atoms with E-state index >= 15 is 0 Å². The molecule has 1 atom stereocenters. The number of nitrogens with one attached hydrogen (secondary N) is 1. The number of benzene rings is 2. The maximum absolute atomic E-state index is 12.7. The van der Waals surface area contributed by atoms with Crippen LogP contribution >= 0.6 is 11.6 Å². The number of likely N-dealkylation sites (tertiary alicyclic amines) is 1. The van der Waals surface area contributed by atoms with Crippen molar-refractivity contribution in [2.45, 2.75) is 23.8 Å². The van der Waals surface area contributed by atoms with Crippen LogP contribution in [0, 0.1) is 0 Å². The van der Waals surface area contributed by atoms with Crippen molar-refractivity contribution in [1.82, 2.24) is 14.5 Å². The SMILES string of the molecule is CN(C)S(=O)(=O)c1ccc(C(=O)NCC(c2ccccc2Cl)N2CCCC2)cc1. The predicted octanol–water partition coefficient (Wildman–Crippen LogP) is 3.16. The van der Waals surface area contributed by atoms with Crippen molar-refractivity contribution in [2.24, 2.45) is 0 Å². The summed E-state index contributed by atoms with van der Waals surface area (Å²) in [5.41, 5.74) is 1.42. The fourth-order valence-electron chi connectivity index (χ4n) is 3.51. The second kappa shape index (κ2) is 9.26. The zero-order valence-corrected chi connectivity index (χ0v) is 18.2. The van der Waals surface area contributed by atoms with Crippen molar-refractivity contribution in [2.75, 3.05) is 33.7 Å². The van der Waals surface area contributed by atoms with Crippen molar-refractivity contribution in [3.05, 3.63) is 64.7 Å². The first-order valence-electron chi connectivity index (χ1n) is 9.60. The lowest BCUT2D eigenvalue weighted by atomic mass is 10.0. The molecule has 3 rings (SSSR count). The van der Waals surface area contributed by atoms with Crippen LogP contribution in [0.3, 0.4) is 0 Å². The second-order valence-electron chi connectivity index (χ2n) is 7.30. The molecule has 8 heteroatoms. The summed E-state index contributed by atoms with van der Waals surface area (Å²) in [7, 11) is -0.566. The minimum atomic E-state index is -3.52. The summed E-state index contributed by atoms with van der Waals surface area (Å²) >= 11 is 6.42. The maximum atomic E-state index is 12.7. The van der Waals surface area contributed by atoms with Gasteiger partial charge in [-0.15, -0.1) is 0 Å². The molecule has 2 aromatic rings. The van der Waals surface area contributed by atoms with E-state index in [1.807, 2.05) is 24.3 Å². The van der Waals surface area contributed by atoms with Gasteiger partial charge in [-0.1, -0.05) is 29.8 Å². The Balaban J connectivity index is 1.73. The molecule has 0 radical (unpaired) electrons. The summed E-state index contributed by atoms with van der Waals surface area (Å²) in [4.78, 5) is 15.2. The van der Waals surface area contributed by atoms with Crippen LogP contribution in [0.15, 0.2) is 53.4 Å². The largest absolute Gasteiger partial charge is 0.350 e. The quantitative estimate of drug-likeness (QED) is 0.725. The van der Waals surface area contributed by atoms with Crippen LogP contribution in [-0.2, 0) is 10.0 Å². The Morgan fingerprint density at radius 1 is 1.10 bits per heavy atom. The van der Waals surface area contributed by atoms with Crippen molar-refractivity contribution >= 4 is 27.5 Å². The van der Waals surface area contributed by atoms with E-state index in [-0.39, 0.29) is 16.8 Å². The molecule has 29 heavy (non-hydrogen) atoms. The van der Waals surface area contributed by atoms with E-state index in [0.717, 1.165) is 35.8 Å². The van der Waals surface area contributed by atoms with Gasteiger partial charge >= 0.3 is 0 Å². The fourth-order valence-corrected chi connectivity index (χ4v) is 4.68. The second-order valence-corrected chi connectivity index (χ2v) is 9.86. The molecular weight excluding hydrogens is 410 g/mol. The molecule has 2 aromatic carbocycles. The highest BCUT2D eigenvalue weighted by atomic mass is 35.5. The molecule has 156 valence electrons. The average molecular weight is 436 g/mol. The molecule has 0 aliphatic carbocycles. The summed E-state index contributed by atoms with van der Waals surface area (Å²) in [6, 6.07) is 13.7. The zero-order chi connectivity index (χ0) is 21.0. The Kier molecular flexibility index (Phi) is 6.95. The van der Waals surface area contributed by atoms with Gasteiger partial charge in [0.15, 0.2) is 0 Å². The lowest BCUT2D eigenvalue weighted by Gasteiger charge is -2.29. The molecule has 1 amide bonds. The van der Waals surface area contributed by atoms with Gasteiger partial charge in [0.1, 0.15) is 0 Å². The highest BCUT2D eigenvalue weighted by molar-refractivity contribution is 7.89. The summed E-state index contributed by atoms with van der Waals surface area (Å²) in [6.45, 7) is 2.38. The Morgan fingerprint density at radius 3 is 2.31 bits per heavy atom. The lowest BCUT2D eigenvalue weighted by molar-refractivity contribution is 0.0938. The minimum Gasteiger partial charge on any atom is -0.350 e. The van der Waals surface area contributed by atoms with E-state index in [9.17, 15) is 13.2 Å². The van der Waals surface area contributed by atoms with Gasteiger partial charge in [0, 0.05) is 31.2 Å². The molecule has 6 nitrogen and oxygen atoms in total. The van der Waals surface area contributed by atoms with E-state index < -0.39 is 10.0 Å². The number of hydrogen-bond acceptors (Lipinski definition) is 4. The van der Waals surface area contributed by atoms with Gasteiger partial charge in [0.25, 0.3) is 5.91 Å². The van der Waals surface area contributed by atoms with Gasteiger partial charge in [-0.25, -0.2) is 12.7 Å². The van der Waals surface area contributed by atoms with Crippen LogP contribution in [-0.4, -0.2) is 57.3 Å². The molecular formula is C21H26ClN3O3S. The Morgan fingerprint density at radius 2 is 1.72 bits per heavy atom. The standard InChI is InChI=1S/C21H26ClN3O3S/c1-24(2)29(27,28)17-11-9-16(10-12-17)21(26)23-15-20(25-13-5-6-14-25)18-7-3-4-8-19(18)22/h3-4,7-12,20H,5-6,13-15H2,1-2H3,(H,23,26). The van der Waals surface area contributed by atoms with E-state index in [1.165, 1.54) is 38.4 Å². The molecule has 1 unspecified atom stereocenters. The van der Waals surface area contributed by atoms with Crippen LogP contribution in [0.2, 0.25) is 5.02 Å². The Hall–Kier alpha value is -1.93. The number of nitrogens with zero attached hydrogens (tertiary/aromatic N) is 2. The molecule has 0 bridgehead atoms. The van der Waals surface area contributed by atoms with E-state index in [2.05, 4.69) is 10.2 Å². The Bertz CT molecular complexity index is 955. The molecule has 1 aliphatic heterocycles. The molecule has 0 aromatic heterocycles. The number of carbonyl (C=O) groups is 1. The van der Waals surface area contributed by atoms with Gasteiger partial charge in [-0.05, 0) is 61.8 Å². The van der Waals surface area contributed by atoms with E-state index in [0.29, 0.717) is 17.1 Å². The first-order chi connectivity index (χ1) is 13.8. The summed E-state index contributed by atoms with van der Waals surface area (Å²) in [5, 5.41) is 3.68. The van der Waals surface area contributed by atoms with E-state index in [4.69, 9.17) is 11.6 Å². The third-order valence-corrected chi connectivity index (χ3v) is 7.37. The minimum absolute atomic E-state index is 0.00328. The smallest absolute Gasteiger partial charge is 0.251 e. The number of amides is 1. The van der Waals surface area contributed by atoms with Crippen molar-refractivity contribution in [3.8, 4) is 0 Å². The number of hydrogen-bond donors (Lipinski definition) is 1. The van der Waals surface area contributed by atoms with E-state index in [1.54, 1.807) is 0 Å². The topological polar surface area (TPSA) is 69.7 Å². The van der Waals surface area contributed by atoms with Gasteiger partial charge in [0.05, 0.1) is 10.9 Å². The molecule has 1 aliphatic rings. The van der Waals surface area contributed by atoms with Crippen LogP contribution in [0.4, 0.5) is 0 Å². The molecule has 0 saturated carbocycles. The van der Waals surface area contributed by atoms with Gasteiger partial charge in [-0.2, -0.15) is 0 Å². The molecule has 1 heterocycles. The molecule has 1 saturated heterocycles. The fraction of sp³-hybridized carbons (Fsp3) is 0.381. The third-order valence-electron chi connectivity index (χ3n) is 5.20. The number of halogens is 1. The Labute approximate surface area is 177 Å². The lowest BCUT2D eigenvalue weighted by Crippen LogP contribution is -2.37. The first-order valence-corrected chi connectivity index (χ1v) is 11.4. The number of sulfonamides is 1. The van der Waals surface area contributed by atoms with Crippen LogP contribution < -0.4 is 5.32 Å². The van der Waals surface area contributed by atoms with Crippen LogP contribution in [0.5, 0.6) is 0 Å². The van der Waals surface area contributed by atoms with Gasteiger partial charge < -0.3 is 5.32 Å². The van der Waals surface area contributed by atoms with Crippen molar-refractivity contribution in [3.63, 3.8) is 0 Å². The summed E-state index contributed by atoms with van der Waals surface area (Å²) < 4.78 is 25.5. The molecule has 1 N–H and O–H groups in total. The predicted molar refractivity (Wildman–Crippen MR) is 115 cm³/mol. The monoisotopic (exact) mass is 435 g/mol. The molecule has 0 spiro atoms. The van der Waals surface area contributed by atoms with Crippen LogP contribution in [0.1, 0.15) is 34.8 Å². The van der Waals surface area contributed by atoms with Crippen molar-refractivity contribution in [1.29, 1.82) is 0 Å². The van der Waals surface area contributed by atoms with Crippen LogP contribution in [0.25, 0.3) is 0 Å². The zero-order valence-electron chi connectivity index (χ0n) is 16.6.